The van der Waals surface area contributed by atoms with Crippen LogP contribution < -0.4 is 9.38 Å². The van der Waals surface area contributed by atoms with Crippen LogP contribution in [0.4, 0.5) is 39.8 Å². The Labute approximate surface area is 402 Å². The molecule has 2 heterocycles. The Kier molecular flexibility index (Phi) is 9.74. The number of para-hydroxylation sites is 5. The SMILES string of the molecule is c1ccc(-c2ccc(N(c3ccc(-c4cccc(-c5ccc6c(c5)c5ccccc5n6-c5ccccc5)c4)cc3)c3ccc4c(c3)[N+](c3ccccc3)(c3ccccc3)c3ccccc3-4)cc2)cc1. The zero-order valence-corrected chi connectivity index (χ0v) is 37.9. The molecule has 0 unspecified atom stereocenters. The number of rotatable bonds is 9. The van der Waals surface area contributed by atoms with Crippen LogP contribution in [0.15, 0.2) is 279 Å². The van der Waals surface area contributed by atoms with Gasteiger partial charge in [0.15, 0.2) is 11.4 Å². The van der Waals surface area contributed by atoms with Crippen molar-refractivity contribution in [3.8, 4) is 50.2 Å². The van der Waals surface area contributed by atoms with Crippen molar-refractivity contribution in [3.05, 3.63) is 279 Å². The minimum absolute atomic E-state index is 0.485. The highest BCUT2D eigenvalue weighted by Crippen LogP contribution is 2.63. The standard InChI is InChI=1S/C66H46N3/c1-5-18-47(19-6-1)48-32-37-54(38-33-48)67(56-41-42-61-60-29-14-16-31-65(60)69(66(61)46-56,57-24-9-3-10-25-57)58-26-11-4-12-27-58)55-39-34-49(35-40-55)50-20-17-21-51(44-50)52-36-43-64-62(45-52)59-28-13-15-30-63(59)68(64)53-22-7-2-8-23-53/h1-46H/q+1. The molecule has 324 valence electrons. The third-order valence-corrected chi connectivity index (χ3v) is 14.0. The summed E-state index contributed by atoms with van der Waals surface area (Å²) < 4.78 is 2.86. The number of hydrogen-bond acceptors (Lipinski definition) is 1. The summed E-state index contributed by atoms with van der Waals surface area (Å²) in [7, 11) is 0. The first-order valence-electron chi connectivity index (χ1n) is 23.7. The van der Waals surface area contributed by atoms with Crippen LogP contribution in [0.2, 0.25) is 0 Å². The maximum absolute atomic E-state index is 2.42. The lowest BCUT2D eigenvalue weighted by molar-refractivity contribution is 0.721. The molecule has 0 N–H and O–H groups in total. The van der Waals surface area contributed by atoms with Crippen LogP contribution in [-0.4, -0.2) is 4.57 Å². The molecular formula is C66H46N3+. The number of quaternary nitrogens is 1. The Bertz CT molecular complexity index is 3760. The topological polar surface area (TPSA) is 8.17 Å². The third kappa shape index (κ3) is 6.71. The Hall–Kier alpha value is -9.02. The third-order valence-electron chi connectivity index (χ3n) is 14.0. The van der Waals surface area contributed by atoms with Crippen LogP contribution in [0.5, 0.6) is 0 Å². The van der Waals surface area contributed by atoms with Gasteiger partial charge in [-0.25, -0.2) is 0 Å². The zero-order valence-electron chi connectivity index (χ0n) is 37.9. The fraction of sp³-hybridized carbons (Fsp3) is 0. The lowest BCUT2D eigenvalue weighted by Crippen LogP contribution is -2.31. The summed E-state index contributed by atoms with van der Waals surface area (Å²) in [5, 5.41) is 2.50. The van der Waals surface area contributed by atoms with Crippen molar-refractivity contribution >= 4 is 61.6 Å². The second-order valence-corrected chi connectivity index (χ2v) is 17.9. The Morgan fingerprint density at radius 1 is 0.275 bits per heavy atom. The van der Waals surface area contributed by atoms with E-state index in [1.165, 1.54) is 83.5 Å². The number of fused-ring (bicyclic) bond motifs is 6. The summed E-state index contributed by atoms with van der Waals surface area (Å²) in [6.45, 7) is 0. The summed E-state index contributed by atoms with van der Waals surface area (Å²) in [5.74, 6) is 0. The highest BCUT2D eigenvalue weighted by Gasteiger charge is 2.48. The highest BCUT2D eigenvalue weighted by molar-refractivity contribution is 6.10. The van der Waals surface area contributed by atoms with Gasteiger partial charge in [-0.1, -0.05) is 164 Å². The quantitative estimate of drug-likeness (QED) is 0.131. The van der Waals surface area contributed by atoms with Gasteiger partial charge in [0.05, 0.1) is 27.8 Å². The van der Waals surface area contributed by atoms with Gasteiger partial charge in [0.25, 0.3) is 0 Å². The van der Waals surface area contributed by atoms with Crippen molar-refractivity contribution in [2.45, 2.75) is 0 Å². The lowest BCUT2D eigenvalue weighted by atomic mass is 9.97. The predicted molar refractivity (Wildman–Crippen MR) is 291 cm³/mol. The number of hydrogen-bond donors (Lipinski definition) is 0. The van der Waals surface area contributed by atoms with Crippen LogP contribution >= 0.6 is 0 Å². The molecule has 13 rings (SSSR count). The van der Waals surface area contributed by atoms with E-state index in [-0.39, 0.29) is 0 Å². The van der Waals surface area contributed by atoms with Crippen molar-refractivity contribution in [2.24, 2.45) is 0 Å². The zero-order chi connectivity index (χ0) is 45.7. The molecule has 12 aromatic rings. The smallest absolute Gasteiger partial charge is 0.158 e. The van der Waals surface area contributed by atoms with Gasteiger partial charge in [0.2, 0.25) is 0 Å². The van der Waals surface area contributed by atoms with Crippen LogP contribution in [0.25, 0.3) is 72.0 Å². The number of anilines is 3. The van der Waals surface area contributed by atoms with Crippen molar-refractivity contribution in [1.29, 1.82) is 0 Å². The molecule has 1 aliphatic heterocycles. The van der Waals surface area contributed by atoms with Gasteiger partial charge in [-0.15, -0.1) is 0 Å². The summed E-state index contributed by atoms with van der Waals surface area (Å²) >= 11 is 0. The van der Waals surface area contributed by atoms with Crippen LogP contribution in [0.3, 0.4) is 0 Å². The molecule has 0 saturated carbocycles. The van der Waals surface area contributed by atoms with E-state index in [1.807, 2.05) is 0 Å². The van der Waals surface area contributed by atoms with Crippen molar-refractivity contribution in [3.63, 3.8) is 0 Å². The van der Waals surface area contributed by atoms with Crippen molar-refractivity contribution < 1.29 is 0 Å². The number of nitrogens with zero attached hydrogens (tertiary/aromatic N) is 3. The average molecular weight is 881 g/mol. The van der Waals surface area contributed by atoms with Crippen LogP contribution in [0, 0.1) is 0 Å². The maximum atomic E-state index is 2.42. The second-order valence-electron chi connectivity index (χ2n) is 17.9. The minimum atomic E-state index is 0.485. The molecule has 0 spiro atoms. The van der Waals surface area contributed by atoms with Gasteiger partial charge in [0, 0.05) is 64.2 Å². The Morgan fingerprint density at radius 3 is 1.42 bits per heavy atom. The van der Waals surface area contributed by atoms with Crippen molar-refractivity contribution in [1.82, 2.24) is 9.05 Å². The largest absolute Gasteiger partial charge is 0.310 e. The first kappa shape index (κ1) is 40.3. The summed E-state index contributed by atoms with van der Waals surface area (Å²) in [5.41, 5.74) is 21.2. The van der Waals surface area contributed by atoms with Gasteiger partial charge in [-0.2, -0.15) is 4.48 Å². The van der Waals surface area contributed by atoms with E-state index in [1.54, 1.807) is 0 Å². The highest BCUT2D eigenvalue weighted by atomic mass is 15.4. The van der Waals surface area contributed by atoms with E-state index >= 15 is 0 Å². The van der Waals surface area contributed by atoms with E-state index in [0.717, 1.165) is 28.3 Å². The molecule has 0 fully saturated rings. The Balaban J connectivity index is 0.919. The molecule has 0 amide bonds. The van der Waals surface area contributed by atoms with E-state index in [9.17, 15) is 0 Å². The molecule has 3 heteroatoms. The van der Waals surface area contributed by atoms with Crippen LogP contribution in [0.1, 0.15) is 0 Å². The van der Waals surface area contributed by atoms with E-state index in [0.29, 0.717) is 4.48 Å². The van der Waals surface area contributed by atoms with E-state index in [2.05, 4.69) is 289 Å². The fourth-order valence-corrected chi connectivity index (χ4v) is 10.9. The first-order valence-corrected chi connectivity index (χ1v) is 23.7. The molecular weight excluding hydrogens is 835 g/mol. The predicted octanol–water partition coefficient (Wildman–Crippen LogP) is 18.5. The molecule has 1 aliphatic rings. The molecule has 0 bridgehead atoms. The number of aromatic nitrogens is 1. The summed E-state index contributed by atoms with van der Waals surface area (Å²) in [4.78, 5) is 2.41. The first-order chi connectivity index (χ1) is 34.2. The molecule has 0 aliphatic carbocycles. The van der Waals surface area contributed by atoms with Crippen molar-refractivity contribution in [2.75, 3.05) is 4.90 Å². The molecule has 0 radical (unpaired) electrons. The van der Waals surface area contributed by atoms with E-state index in [4.69, 9.17) is 0 Å². The van der Waals surface area contributed by atoms with Gasteiger partial charge in [-0.3, -0.25) is 0 Å². The molecule has 69 heavy (non-hydrogen) atoms. The molecule has 0 saturated heterocycles. The normalized spacial score (nSPS) is 12.5. The summed E-state index contributed by atoms with van der Waals surface area (Å²) in [6.07, 6.45) is 0. The lowest BCUT2D eigenvalue weighted by Gasteiger charge is -2.35. The van der Waals surface area contributed by atoms with Gasteiger partial charge < -0.3 is 9.47 Å². The van der Waals surface area contributed by atoms with Gasteiger partial charge >= 0.3 is 0 Å². The van der Waals surface area contributed by atoms with Gasteiger partial charge in [-0.05, 0) is 112 Å². The maximum Gasteiger partial charge on any atom is 0.158 e. The second kappa shape index (κ2) is 16.7. The monoisotopic (exact) mass is 880 g/mol. The van der Waals surface area contributed by atoms with Crippen LogP contribution in [-0.2, 0) is 0 Å². The van der Waals surface area contributed by atoms with E-state index < -0.39 is 0 Å². The average Bonchev–Trinajstić information content (AvgIpc) is 3.92. The molecule has 1 aromatic heterocycles. The number of benzene rings is 11. The minimum Gasteiger partial charge on any atom is -0.310 e. The molecule has 3 nitrogen and oxygen atoms in total. The molecule has 0 atom stereocenters. The molecule has 11 aromatic carbocycles. The summed E-state index contributed by atoms with van der Waals surface area (Å²) in [6, 6.07) is 102. The van der Waals surface area contributed by atoms with Gasteiger partial charge in [0.1, 0.15) is 11.4 Å². The Morgan fingerprint density at radius 2 is 0.739 bits per heavy atom. The fourth-order valence-electron chi connectivity index (χ4n) is 10.9.